The van der Waals surface area contributed by atoms with Crippen molar-refractivity contribution in [2.24, 2.45) is 0 Å². The number of aromatic amines is 1. The molecule has 0 aliphatic carbocycles. The molecule has 0 spiro atoms. The lowest BCUT2D eigenvalue weighted by Crippen LogP contribution is -2.24. The Hall–Kier alpha value is -1.70. The first-order valence-electron chi connectivity index (χ1n) is 5.73. The van der Waals surface area contributed by atoms with E-state index in [1.807, 2.05) is 30.3 Å². The maximum atomic E-state index is 12.2. The van der Waals surface area contributed by atoms with Crippen LogP contribution in [-0.4, -0.2) is 23.7 Å². The maximum Gasteiger partial charge on any atom is 0.244 e. The summed E-state index contributed by atoms with van der Waals surface area (Å²) in [6, 6.07) is 9.20. The fourth-order valence-corrected chi connectivity index (χ4v) is 3.15. The highest BCUT2D eigenvalue weighted by Gasteiger charge is 2.23. The van der Waals surface area contributed by atoms with Crippen molar-refractivity contribution < 1.29 is 13.5 Å². The number of aromatic nitrogens is 2. The molecule has 7 heteroatoms. The molecule has 1 heterocycles. The third-order valence-electron chi connectivity index (χ3n) is 2.69. The Morgan fingerprint density at radius 2 is 2.00 bits per heavy atom. The third-order valence-corrected chi connectivity index (χ3v) is 4.29. The zero-order chi connectivity index (χ0) is 13.9. The van der Waals surface area contributed by atoms with Gasteiger partial charge in [0, 0.05) is 6.54 Å². The summed E-state index contributed by atoms with van der Waals surface area (Å²) < 4.78 is 26.9. The van der Waals surface area contributed by atoms with Crippen molar-refractivity contribution in [1.29, 1.82) is 0 Å². The number of sulfonamides is 1. The summed E-state index contributed by atoms with van der Waals surface area (Å²) in [6.07, 6.45) is 0. The smallest absolute Gasteiger partial charge is 0.244 e. The minimum atomic E-state index is -3.69. The molecule has 19 heavy (non-hydrogen) atoms. The van der Waals surface area contributed by atoms with Gasteiger partial charge in [0.25, 0.3) is 0 Å². The van der Waals surface area contributed by atoms with Crippen molar-refractivity contribution in [2.75, 3.05) is 0 Å². The molecule has 0 unspecified atom stereocenters. The summed E-state index contributed by atoms with van der Waals surface area (Å²) >= 11 is 0. The molecule has 0 radical (unpaired) electrons. The van der Waals surface area contributed by atoms with Crippen LogP contribution in [0.3, 0.4) is 0 Å². The van der Waals surface area contributed by atoms with Gasteiger partial charge in [0.1, 0.15) is 10.6 Å². The van der Waals surface area contributed by atoms with Gasteiger partial charge in [-0.1, -0.05) is 30.3 Å². The van der Waals surface area contributed by atoms with Crippen molar-refractivity contribution in [2.45, 2.75) is 25.0 Å². The van der Waals surface area contributed by atoms with Crippen LogP contribution in [0.4, 0.5) is 0 Å². The van der Waals surface area contributed by atoms with E-state index in [2.05, 4.69) is 14.9 Å². The summed E-state index contributed by atoms with van der Waals surface area (Å²) in [5.74, 6) is 0. The minimum absolute atomic E-state index is 0.0194. The predicted octanol–water partition coefficient (Wildman–Crippen LogP) is 0.689. The van der Waals surface area contributed by atoms with Crippen molar-refractivity contribution in [3.63, 3.8) is 0 Å². The summed E-state index contributed by atoms with van der Waals surface area (Å²) in [4.78, 5) is 0.0194. The van der Waals surface area contributed by atoms with Gasteiger partial charge >= 0.3 is 0 Å². The van der Waals surface area contributed by atoms with E-state index in [1.165, 1.54) is 0 Å². The summed E-state index contributed by atoms with van der Waals surface area (Å²) in [6.45, 7) is 1.37. The van der Waals surface area contributed by atoms with Gasteiger partial charge in [-0.15, -0.1) is 0 Å². The van der Waals surface area contributed by atoms with Crippen molar-refractivity contribution >= 4 is 10.0 Å². The van der Waals surface area contributed by atoms with Gasteiger partial charge < -0.3 is 5.11 Å². The molecular weight excluding hydrogens is 266 g/mol. The van der Waals surface area contributed by atoms with Crippen LogP contribution in [0.15, 0.2) is 35.2 Å². The molecule has 0 bridgehead atoms. The molecule has 3 N–H and O–H groups in total. The van der Waals surface area contributed by atoms with Crippen LogP contribution in [0.5, 0.6) is 0 Å². The van der Waals surface area contributed by atoms with E-state index in [4.69, 9.17) is 5.11 Å². The number of aryl methyl sites for hydroxylation is 1. The highest BCUT2D eigenvalue weighted by molar-refractivity contribution is 7.89. The molecule has 2 rings (SSSR count). The normalized spacial score (nSPS) is 11.7. The van der Waals surface area contributed by atoms with E-state index in [9.17, 15) is 8.42 Å². The largest absolute Gasteiger partial charge is 0.390 e. The number of hydrogen-bond acceptors (Lipinski definition) is 4. The molecule has 1 aromatic heterocycles. The minimum Gasteiger partial charge on any atom is -0.390 e. The Morgan fingerprint density at radius 1 is 1.32 bits per heavy atom. The molecule has 0 saturated carbocycles. The highest BCUT2D eigenvalue weighted by atomic mass is 32.2. The van der Waals surface area contributed by atoms with Gasteiger partial charge in [0.05, 0.1) is 12.3 Å². The summed E-state index contributed by atoms with van der Waals surface area (Å²) in [7, 11) is -3.69. The fraction of sp³-hybridized carbons (Fsp3) is 0.250. The lowest BCUT2D eigenvalue weighted by molar-refractivity contribution is 0.273. The SMILES string of the molecule is Cc1[nH]nc(CO)c1S(=O)(=O)NCc1ccccc1. The topological polar surface area (TPSA) is 95.1 Å². The van der Waals surface area contributed by atoms with Gasteiger partial charge in [-0.3, -0.25) is 5.10 Å². The standard InChI is InChI=1S/C12H15N3O3S/c1-9-12(11(8-16)15-14-9)19(17,18)13-7-10-5-3-2-4-6-10/h2-6,13,16H,7-8H2,1H3,(H,14,15). The van der Waals surface area contributed by atoms with Crippen LogP contribution >= 0.6 is 0 Å². The molecule has 0 aliphatic heterocycles. The highest BCUT2D eigenvalue weighted by Crippen LogP contribution is 2.17. The number of nitrogens with zero attached hydrogens (tertiary/aromatic N) is 1. The summed E-state index contributed by atoms with van der Waals surface area (Å²) in [5, 5.41) is 15.4. The molecule has 1 aromatic carbocycles. The molecule has 0 aliphatic rings. The molecule has 0 amide bonds. The van der Waals surface area contributed by atoms with Crippen LogP contribution in [0, 0.1) is 6.92 Å². The van der Waals surface area contributed by atoms with Gasteiger partial charge in [-0.05, 0) is 12.5 Å². The first-order valence-corrected chi connectivity index (χ1v) is 7.21. The molecular formula is C12H15N3O3S. The van der Waals surface area contributed by atoms with Crippen LogP contribution in [0.2, 0.25) is 0 Å². The van der Waals surface area contributed by atoms with Gasteiger partial charge in [-0.25, -0.2) is 13.1 Å². The Kier molecular flexibility index (Phi) is 3.98. The van der Waals surface area contributed by atoms with E-state index in [0.29, 0.717) is 5.69 Å². The Balaban J connectivity index is 2.21. The predicted molar refractivity (Wildman–Crippen MR) is 69.7 cm³/mol. The quantitative estimate of drug-likeness (QED) is 0.751. The molecule has 2 aromatic rings. The number of rotatable bonds is 5. The zero-order valence-corrected chi connectivity index (χ0v) is 11.2. The first kappa shape index (κ1) is 13.7. The van der Waals surface area contributed by atoms with Crippen LogP contribution in [-0.2, 0) is 23.2 Å². The van der Waals surface area contributed by atoms with E-state index in [-0.39, 0.29) is 17.1 Å². The average molecular weight is 281 g/mol. The lowest BCUT2D eigenvalue weighted by atomic mass is 10.2. The van der Waals surface area contributed by atoms with Gasteiger partial charge in [0.15, 0.2) is 0 Å². The molecule has 102 valence electrons. The van der Waals surface area contributed by atoms with Crippen LogP contribution in [0.1, 0.15) is 17.0 Å². The molecule has 6 nitrogen and oxygen atoms in total. The van der Waals surface area contributed by atoms with Crippen molar-refractivity contribution in [1.82, 2.24) is 14.9 Å². The zero-order valence-electron chi connectivity index (χ0n) is 10.4. The van der Waals surface area contributed by atoms with E-state index in [1.54, 1.807) is 6.92 Å². The second-order valence-corrected chi connectivity index (χ2v) is 5.80. The number of aliphatic hydroxyl groups excluding tert-OH is 1. The van der Waals surface area contributed by atoms with E-state index >= 15 is 0 Å². The Labute approximate surface area is 111 Å². The number of aliphatic hydroxyl groups is 1. The second kappa shape index (κ2) is 5.52. The molecule has 0 saturated heterocycles. The van der Waals surface area contributed by atoms with E-state index < -0.39 is 16.6 Å². The number of H-pyrrole nitrogens is 1. The average Bonchev–Trinajstić information content (AvgIpc) is 2.80. The Morgan fingerprint density at radius 3 is 2.63 bits per heavy atom. The number of benzene rings is 1. The monoisotopic (exact) mass is 281 g/mol. The molecule has 0 atom stereocenters. The molecule has 0 fully saturated rings. The van der Waals surface area contributed by atoms with Crippen LogP contribution < -0.4 is 4.72 Å². The fourth-order valence-electron chi connectivity index (χ4n) is 1.78. The number of nitrogens with one attached hydrogen (secondary N) is 2. The van der Waals surface area contributed by atoms with Crippen LogP contribution in [0.25, 0.3) is 0 Å². The number of hydrogen-bond donors (Lipinski definition) is 3. The Bertz CT molecular complexity index is 650. The third kappa shape index (κ3) is 3.01. The summed E-state index contributed by atoms with van der Waals surface area (Å²) in [5.41, 5.74) is 1.39. The second-order valence-electron chi connectivity index (χ2n) is 4.09. The maximum absolute atomic E-state index is 12.2. The lowest BCUT2D eigenvalue weighted by Gasteiger charge is -2.07. The first-order chi connectivity index (χ1) is 9.04. The van der Waals surface area contributed by atoms with Gasteiger partial charge in [0.2, 0.25) is 10.0 Å². The van der Waals surface area contributed by atoms with Crippen molar-refractivity contribution in [3.8, 4) is 0 Å². The van der Waals surface area contributed by atoms with Crippen molar-refractivity contribution in [3.05, 3.63) is 47.3 Å². The van der Waals surface area contributed by atoms with Gasteiger partial charge in [-0.2, -0.15) is 5.10 Å². The van der Waals surface area contributed by atoms with E-state index in [0.717, 1.165) is 5.56 Å².